The fourth-order valence-electron chi connectivity index (χ4n) is 2.75. The van der Waals surface area contributed by atoms with Crippen molar-refractivity contribution in [2.75, 3.05) is 18.0 Å². The van der Waals surface area contributed by atoms with Gasteiger partial charge in [-0.15, -0.1) is 15.0 Å². The van der Waals surface area contributed by atoms with Crippen LogP contribution in [0.4, 0.5) is 14.9 Å². The molecule has 26 heavy (non-hydrogen) atoms. The second kappa shape index (κ2) is 6.34. The molecule has 130 valence electrons. The zero-order valence-electron chi connectivity index (χ0n) is 13.4. The van der Waals surface area contributed by atoms with Crippen molar-refractivity contribution >= 4 is 22.8 Å². The third kappa shape index (κ3) is 2.78. The van der Waals surface area contributed by atoms with Crippen LogP contribution in [0.1, 0.15) is 0 Å². The van der Waals surface area contributed by atoms with Crippen molar-refractivity contribution in [3.05, 3.63) is 58.7 Å². The van der Waals surface area contributed by atoms with Crippen molar-refractivity contribution in [3.8, 4) is 5.69 Å². The molecule has 1 amide bonds. The number of fused-ring (bicyclic) bond motifs is 1. The highest BCUT2D eigenvalue weighted by Crippen LogP contribution is 2.25. The van der Waals surface area contributed by atoms with Crippen LogP contribution in [0.25, 0.3) is 27.2 Å². The SMILES string of the molecule is [N-]=[N+]=NC[C@H]1CN(c2ccc(-n3nc4ccccc4n3)c(F)c2)C(=O)O1. The van der Waals surface area contributed by atoms with E-state index in [0.29, 0.717) is 16.7 Å². The summed E-state index contributed by atoms with van der Waals surface area (Å²) < 4.78 is 19.7. The van der Waals surface area contributed by atoms with Crippen molar-refractivity contribution in [2.24, 2.45) is 5.11 Å². The Labute approximate surface area is 146 Å². The highest BCUT2D eigenvalue weighted by molar-refractivity contribution is 5.89. The molecule has 0 aliphatic carbocycles. The molecule has 0 N–H and O–H groups in total. The Hall–Kier alpha value is -3.65. The van der Waals surface area contributed by atoms with Crippen molar-refractivity contribution in [1.29, 1.82) is 0 Å². The molecule has 1 aliphatic heterocycles. The third-order valence-corrected chi connectivity index (χ3v) is 3.97. The van der Waals surface area contributed by atoms with E-state index in [-0.39, 0.29) is 18.8 Å². The standard InChI is InChI=1S/C16H12FN7O2/c17-12-7-10(23-9-11(8-19-22-18)26-16(23)25)5-6-15(12)24-20-13-3-1-2-4-14(13)21-24/h1-7,11H,8-9H2/t11-/m0/s1. The number of anilines is 1. The topological polar surface area (TPSA) is 109 Å². The number of nitrogens with zero attached hydrogens (tertiary/aromatic N) is 7. The lowest BCUT2D eigenvalue weighted by Crippen LogP contribution is -2.25. The normalized spacial score (nSPS) is 16.6. The number of cyclic esters (lactones) is 1. The molecule has 9 nitrogen and oxygen atoms in total. The number of hydrogen-bond donors (Lipinski definition) is 0. The summed E-state index contributed by atoms with van der Waals surface area (Å²) in [5.41, 5.74) is 10.2. The molecule has 1 aliphatic rings. The Kier molecular flexibility index (Phi) is 3.86. The summed E-state index contributed by atoms with van der Waals surface area (Å²) in [6, 6.07) is 11.5. The quantitative estimate of drug-likeness (QED) is 0.407. The summed E-state index contributed by atoms with van der Waals surface area (Å²) in [7, 11) is 0. The van der Waals surface area contributed by atoms with Crippen LogP contribution in [-0.2, 0) is 4.74 Å². The molecule has 0 bridgehead atoms. The van der Waals surface area contributed by atoms with E-state index in [4.69, 9.17) is 10.3 Å². The first-order valence-electron chi connectivity index (χ1n) is 7.77. The maximum atomic E-state index is 14.6. The van der Waals surface area contributed by atoms with Gasteiger partial charge in [0.2, 0.25) is 0 Å². The first kappa shape index (κ1) is 15.9. The largest absolute Gasteiger partial charge is 0.444 e. The van der Waals surface area contributed by atoms with Gasteiger partial charge in [-0.3, -0.25) is 4.90 Å². The van der Waals surface area contributed by atoms with E-state index in [2.05, 4.69) is 20.2 Å². The molecule has 2 aromatic carbocycles. The summed E-state index contributed by atoms with van der Waals surface area (Å²) in [4.78, 5) is 17.1. The number of benzene rings is 2. The number of aromatic nitrogens is 3. The Morgan fingerprint density at radius 1 is 1.27 bits per heavy atom. The molecular formula is C16H12FN7O2. The number of hydrogen-bond acceptors (Lipinski definition) is 5. The van der Waals surface area contributed by atoms with E-state index in [9.17, 15) is 9.18 Å². The molecule has 1 aromatic heterocycles. The first-order valence-corrected chi connectivity index (χ1v) is 7.77. The van der Waals surface area contributed by atoms with Gasteiger partial charge >= 0.3 is 6.09 Å². The summed E-state index contributed by atoms with van der Waals surface area (Å²) in [5, 5.41) is 11.9. The van der Waals surface area contributed by atoms with E-state index in [1.54, 1.807) is 18.2 Å². The predicted molar refractivity (Wildman–Crippen MR) is 90.5 cm³/mol. The van der Waals surface area contributed by atoms with Gasteiger partial charge in [-0.05, 0) is 29.8 Å². The molecular weight excluding hydrogens is 341 g/mol. The second-order valence-electron chi connectivity index (χ2n) is 5.64. The summed E-state index contributed by atoms with van der Waals surface area (Å²) in [6.45, 7) is 0.212. The lowest BCUT2D eigenvalue weighted by Gasteiger charge is -2.13. The molecule has 0 spiro atoms. The number of azide groups is 1. The fourth-order valence-corrected chi connectivity index (χ4v) is 2.75. The smallest absolute Gasteiger partial charge is 0.414 e. The van der Waals surface area contributed by atoms with Gasteiger partial charge in [-0.1, -0.05) is 17.2 Å². The molecule has 4 rings (SSSR count). The lowest BCUT2D eigenvalue weighted by molar-refractivity contribution is 0.145. The van der Waals surface area contributed by atoms with Gasteiger partial charge in [0.25, 0.3) is 0 Å². The summed E-state index contributed by atoms with van der Waals surface area (Å²) >= 11 is 0. The molecule has 2 heterocycles. The van der Waals surface area contributed by atoms with Gasteiger partial charge in [0.15, 0.2) is 5.82 Å². The van der Waals surface area contributed by atoms with Crippen molar-refractivity contribution in [1.82, 2.24) is 15.0 Å². The molecule has 1 atom stereocenters. The molecule has 0 unspecified atom stereocenters. The van der Waals surface area contributed by atoms with E-state index >= 15 is 0 Å². The Morgan fingerprint density at radius 2 is 2.00 bits per heavy atom. The van der Waals surface area contributed by atoms with E-state index in [0.717, 1.165) is 0 Å². The highest BCUT2D eigenvalue weighted by atomic mass is 19.1. The summed E-state index contributed by atoms with van der Waals surface area (Å²) in [6.07, 6.45) is -1.17. The third-order valence-electron chi connectivity index (χ3n) is 3.97. The van der Waals surface area contributed by atoms with Gasteiger partial charge < -0.3 is 4.74 Å². The van der Waals surface area contributed by atoms with Crippen LogP contribution < -0.4 is 4.90 Å². The molecule has 1 fully saturated rings. The zero-order chi connectivity index (χ0) is 18.1. The van der Waals surface area contributed by atoms with Gasteiger partial charge in [-0.25, -0.2) is 9.18 Å². The maximum absolute atomic E-state index is 14.6. The van der Waals surface area contributed by atoms with Crippen LogP contribution in [0.5, 0.6) is 0 Å². The molecule has 3 aromatic rings. The highest BCUT2D eigenvalue weighted by Gasteiger charge is 2.32. The van der Waals surface area contributed by atoms with E-state index in [1.807, 2.05) is 12.1 Å². The van der Waals surface area contributed by atoms with Gasteiger partial charge in [-0.2, -0.15) is 0 Å². The molecule has 10 heteroatoms. The van der Waals surface area contributed by atoms with E-state index < -0.39 is 18.0 Å². The minimum atomic E-state index is -0.613. The predicted octanol–water partition coefficient (Wildman–Crippen LogP) is 3.20. The Balaban J connectivity index is 1.62. The average molecular weight is 353 g/mol. The van der Waals surface area contributed by atoms with E-state index in [1.165, 1.54) is 21.8 Å². The van der Waals surface area contributed by atoms with Crippen LogP contribution in [0.3, 0.4) is 0 Å². The maximum Gasteiger partial charge on any atom is 0.414 e. The number of carbonyl (C=O) groups excluding carboxylic acids is 1. The Morgan fingerprint density at radius 3 is 2.65 bits per heavy atom. The summed E-state index contributed by atoms with van der Waals surface area (Å²) in [5.74, 6) is -0.575. The minimum absolute atomic E-state index is 0.0309. The number of amides is 1. The van der Waals surface area contributed by atoms with Crippen molar-refractivity contribution < 1.29 is 13.9 Å². The lowest BCUT2D eigenvalue weighted by atomic mass is 10.2. The molecule has 1 saturated heterocycles. The number of carbonyl (C=O) groups is 1. The Bertz CT molecular complexity index is 1010. The minimum Gasteiger partial charge on any atom is -0.444 e. The number of ether oxygens (including phenoxy) is 1. The van der Waals surface area contributed by atoms with Crippen molar-refractivity contribution in [2.45, 2.75) is 6.10 Å². The zero-order valence-corrected chi connectivity index (χ0v) is 13.4. The number of rotatable bonds is 4. The van der Waals surface area contributed by atoms with Gasteiger partial charge in [0, 0.05) is 11.0 Å². The number of halogens is 1. The van der Waals surface area contributed by atoms with Gasteiger partial charge in [0.1, 0.15) is 22.8 Å². The first-order chi connectivity index (χ1) is 12.7. The van der Waals surface area contributed by atoms with Crippen LogP contribution >= 0.6 is 0 Å². The van der Waals surface area contributed by atoms with Crippen LogP contribution in [0.2, 0.25) is 0 Å². The fraction of sp³-hybridized carbons (Fsp3) is 0.188. The molecule has 0 radical (unpaired) electrons. The second-order valence-corrected chi connectivity index (χ2v) is 5.64. The van der Waals surface area contributed by atoms with Gasteiger partial charge in [0.05, 0.1) is 18.8 Å². The molecule has 0 saturated carbocycles. The van der Waals surface area contributed by atoms with Crippen LogP contribution in [-0.4, -0.2) is 40.3 Å². The average Bonchev–Trinajstić information content (AvgIpc) is 3.23. The van der Waals surface area contributed by atoms with Crippen molar-refractivity contribution in [3.63, 3.8) is 0 Å². The van der Waals surface area contributed by atoms with Crippen LogP contribution in [0.15, 0.2) is 47.6 Å². The van der Waals surface area contributed by atoms with Crippen LogP contribution in [0, 0.1) is 5.82 Å². The monoisotopic (exact) mass is 353 g/mol.